The molecule has 0 spiro atoms. The van der Waals surface area contributed by atoms with Crippen LogP contribution >= 0.6 is 15.9 Å². The molecule has 1 aromatic carbocycles. The highest BCUT2D eigenvalue weighted by atomic mass is 79.9. The molecule has 2 saturated heterocycles. The van der Waals surface area contributed by atoms with Gasteiger partial charge in [-0.25, -0.2) is 4.68 Å². The number of rotatable bonds is 2. The number of benzene rings is 1. The first kappa shape index (κ1) is 12.3. The average Bonchev–Trinajstić information content (AvgIpc) is 3.16. The second kappa shape index (κ2) is 4.53. The predicted octanol–water partition coefficient (Wildman–Crippen LogP) is 2.18. The van der Waals surface area contributed by atoms with Crippen molar-refractivity contribution in [2.75, 3.05) is 5.73 Å². The van der Waals surface area contributed by atoms with Crippen LogP contribution in [0.4, 0.5) is 5.69 Å². The second-order valence-corrected chi connectivity index (χ2v) is 6.21. The molecule has 4 rings (SSSR count). The summed E-state index contributed by atoms with van der Waals surface area (Å²) >= 11 is 3.40. The van der Waals surface area contributed by atoms with Crippen LogP contribution in [-0.2, 0) is 4.74 Å². The highest BCUT2D eigenvalue weighted by molar-refractivity contribution is 9.10. The maximum Gasteiger partial charge on any atom is 0.182 e. The van der Waals surface area contributed by atoms with Crippen molar-refractivity contribution in [3.8, 4) is 11.4 Å². The highest BCUT2D eigenvalue weighted by Gasteiger charge is 2.43. The third-order valence-corrected chi connectivity index (χ3v) is 4.86. The first-order valence-electron chi connectivity index (χ1n) is 6.71. The van der Waals surface area contributed by atoms with E-state index >= 15 is 0 Å². The molecule has 20 heavy (non-hydrogen) atoms. The van der Waals surface area contributed by atoms with Gasteiger partial charge in [0.25, 0.3) is 0 Å². The van der Waals surface area contributed by atoms with Gasteiger partial charge in [-0.3, -0.25) is 0 Å². The molecular weight excluding hydrogens is 322 g/mol. The van der Waals surface area contributed by atoms with E-state index in [0.717, 1.165) is 35.1 Å². The minimum atomic E-state index is 0.239. The predicted molar refractivity (Wildman–Crippen MR) is 76.9 cm³/mol. The summed E-state index contributed by atoms with van der Waals surface area (Å²) in [5.41, 5.74) is 7.55. The standard InChI is InChI=1S/C13H14BrN5O/c14-9-3-1-7(5-10(9)15)13-16-17-18-19(13)11-6-8-2-4-12(11)20-8/h1,3,5,8,11-12H,2,4,6,15H2. The second-order valence-electron chi connectivity index (χ2n) is 5.36. The normalized spacial score (nSPS) is 28.1. The summed E-state index contributed by atoms with van der Waals surface area (Å²) in [6.07, 6.45) is 3.86. The Morgan fingerprint density at radius 3 is 2.95 bits per heavy atom. The van der Waals surface area contributed by atoms with E-state index in [1.807, 2.05) is 22.9 Å². The number of tetrazole rings is 1. The summed E-state index contributed by atoms with van der Waals surface area (Å²) in [7, 11) is 0. The van der Waals surface area contributed by atoms with E-state index in [4.69, 9.17) is 10.5 Å². The van der Waals surface area contributed by atoms with Gasteiger partial charge in [-0.2, -0.15) is 0 Å². The van der Waals surface area contributed by atoms with Crippen molar-refractivity contribution in [1.29, 1.82) is 0 Å². The minimum absolute atomic E-state index is 0.239. The molecule has 6 nitrogen and oxygen atoms in total. The van der Waals surface area contributed by atoms with Gasteiger partial charge in [0, 0.05) is 15.7 Å². The lowest BCUT2D eigenvalue weighted by molar-refractivity contribution is 0.0922. The summed E-state index contributed by atoms with van der Waals surface area (Å²) in [4.78, 5) is 0. The third-order valence-electron chi connectivity index (χ3n) is 4.14. The van der Waals surface area contributed by atoms with Gasteiger partial charge in [-0.05, 0) is 63.8 Å². The van der Waals surface area contributed by atoms with Crippen molar-refractivity contribution >= 4 is 21.6 Å². The number of hydrogen-bond donors (Lipinski definition) is 1. The van der Waals surface area contributed by atoms with Crippen molar-refractivity contribution in [2.24, 2.45) is 0 Å². The maximum atomic E-state index is 5.94. The molecule has 3 unspecified atom stereocenters. The fraction of sp³-hybridized carbons (Fsp3) is 0.462. The summed E-state index contributed by atoms with van der Waals surface area (Å²) in [6.45, 7) is 0. The Bertz CT molecular complexity index is 658. The van der Waals surface area contributed by atoms with Gasteiger partial charge in [0.2, 0.25) is 0 Å². The number of nitrogens with two attached hydrogens (primary N) is 1. The molecule has 0 amide bonds. The molecule has 2 aliphatic rings. The van der Waals surface area contributed by atoms with Crippen LogP contribution in [0.25, 0.3) is 11.4 Å². The number of nitrogen functional groups attached to an aromatic ring is 1. The number of ether oxygens (including phenoxy) is 1. The summed E-state index contributed by atoms with van der Waals surface area (Å²) in [6, 6.07) is 6.02. The Morgan fingerprint density at radius 2 is 2.25 bits per heavy atom. The van der Waals surface area contributed by atoms with Crippen LogP contribution in [0.1, 0.15) is 25.3 Å². The monoisotopic (exact) mass is 335 g/mol. The number of hydrogen-bond acceptors (Lipinski definition) is 5. The Labute approximate surface area is 124 Å². The van der Waals surface area contributed by atoms with E-state index in [0.29, 0.717) is 11.8 Å². The molecule has 3 heterocycles. The lowest BCUT2D eigenvalue weighted by Gasteiger charge is -2.19. The fourth-order valence-corrected chi connectivity index (χ4v) is 3.40. The molecule has 2 fully saturated rings. The van der Waals surface area contributed by atoms with E-state index in [1.54, 1.807) is 0 Å². The number of aromatic nitrogens is 4. The van der Waals surface area contributed by atoms with Gasteiger partial charge in [0.1, 0.15) is 0 Å². The maximum absolute atomic E-state index is 5.94. The zero-order valence-electron chi connectivity index (χ0n) is 10.7. The molecule has 0 radical (unpaired) electrons. The molecule has 0 saturated carbocycles. The largest absolute Gasteiger partial charge is 0.398 e. The molecule has 2 aromatic rings. The Morgan fingerprint density at radius 1 is 1.35 bits per heavy atom. The summed E-state index contributed by atoms with van der Waals surface area (Å²) in [5, 5.41) is 12.2. The lowest BCUT2D eigenvalue weighted by Crippen LogP contribution is -2.22. The van der Waals surface area contributed by atoms with Gasteiger partial charge in [0.15, 0.2) is 5.82 Å². The SMILES string of the molecule is Nc1cc(-c2nnnn2C2CC3CCC2O3)ccc1Br. The van der Waals surface area contributed by atoms with Crippen LogP contribution < -0.4 is 5.73 Å². The van der Waals surface area contributed by atoms with Crippen LogP contribution in [0.15, 0.2) is 22.7 Å². The quantitative estimate of drug-likeness (QED) is 0.851. The Hall–Kier alpha value is -1.47. The molecular formula is C13H14BrN5O. The van der Waals surface area contributed by atoms with E-state index in [2.05, 4.69) is 31.5 Å². The van der Waals surface area contributed by atoms with Crippen LogP contribution in [0.2, 0.25) is 0 Å². The van der Waals surface area contributed by atoms with Crippen molar-refractivity contribution in [3.63, 3.8) is 0 Å². The van der Waals surface area contributed by atoms with Crippen LogP contribution in [0.5, 0.6) is 0 Å². The molecule has 7 heteroatoms. The lowest BCUT2D eigenvalue weighted by atomic mass is 9.95. The Kier molecular flexibility index (Phi) is 2.78. The molecule has 0 aliphatic carbocycles. The zero-order chi connectivity index (χ0) is 13.7. The molecule has 2 aliphatic heterocycles. The molecule has 104 valence electrons. The van der Waals surface area contributed by atoms with Crippen LogP contribution in [-0.4, -0.2) is 32.4 Å². The number of nitrogens with zero attached hydrogens (tertiary/aromatic N) is 4. The van der Waals surface area contributed by atoms with Crippen molar-refractivity contribution in [1.82, 2.24) is 20.2 Å². The fourth-order valence-electron chi connectivity index (χ4n) is 3.16. The minimum Gasteiger partial charge on any atom is -0.398 e. The van der Waals surface area contributed by atoms with Crippen molar-refractivity contribution in [2.45, 2.75) is 37.5 Å². The number of anilines is 1. The van der Waals surface area contributed by atoms with Gasteiger partial charge in [-0.15, -0.1) is 5.10 Å². The van der Waals surface area contributed by atoms with E-state index < -0.39 is 0 Å². The summed E-state index contributed by atoms with van der Waals surface area (Å²) in [5.74, 6) is 0.755. The first-order valence-corrected chi connectivity index (χ1v) is 7.50. The van der Waals surface area contributed by atoms with Crippen molar-refractivity contribution < 1.29 is 4.74 Å². The number of fused-ring (bicyclic) bond motifs is 2. The zero-order valence-corrected chi connectivity index (χ0v) is 12.3. The van der Waals surface area contributed by atoms with Crippen LogP contribution in [0, 0.1) is 0 Å². The van der Waals surface area contributed by atoms with E-state index in [1.165, 1.54) is 0 Å². The Balaban J connectivity index is 1.73. The average molecular weight is 336 g/mol. The van der Waals surface area contributed by atoms with Gasteiger partial charge < -0.3 is 10.5 Å². The topological polar surface area (TPSA) is 78.9 Å². The van der Waals surface area contributed by atoms with Crippen molar-refractivity contribution in [3.05, 3.63) is 22.7 Å². The van der Waals surface area contributed by atoms with Gasteiger partial charge in [0.05, 0.1) is 18.2 Å². The third kappa shape index (κ3) is 1.84. The number of halogens is 1. The summed E-state index contributed by atoms with van der Waals surface area (Å²) < 4.78 is 8.67. The van der Waals surface area contributed by atoms with Gasteiger partial charge >= 0.3 is 0 Å². The van der Waals surface area contributed by atoms with Crippen LogP contribution in [0.3, 0.4) is 0 Å². The van der Waals surface area contributed by atoms with E-state index in [-0.39, 0.29) is 12.1 Å². The molecule has 3 atom stereocenters. The molecule has 2 bridgehead atoms. The first-order chi connectivity index (χ1) is 9.72. The molecule has 1 aromatic heterocycles. The highest BCUT2D eigenvalue weighted by Crippen LogP contribution is 2.42. The van der Waals surface area contributed by atoms with E-state index in [9.17, 15) is 0 Å². The van der Waals surface area contributed by atoms with Gasteiger partial charge in [-0.1, -0.05) is 0 Å². The smallest absolute Gasteiger partial charge is 0.182 e. The molecule has 2 N–H and O–H groups in total.